The Morgan fingerprint density at radius 2 is 2.00 bits per heavy atom. The first-order valence-corrected chi connectivity index (χ1v) is 3.87. The maximum absolute atomic E-state index is 12.4. The van der Waals surface area contributed by atoms with Gasteiger partial charge in [0.05, 0.1) is 6.61 Å². The van der Waals surface area contributed by atoms with Gasteiger partial charge in [0.2, 0.25) is 0 Å². The molecule has 1 saturated heterocycles. The average Bonchev–Trinajstić information content (AvgIpc) is 2.12. The zero-order chi connectivity index (χ0) is 9.24. The largest absolute Gasteiger partial charge is 0.417 e. The van der Waals surface area contributed by atoms with Crippen molar-refractivity contribution in [1.29, 1.82) is 0 Å². The predicted molar refractivity (Wildman–Crippen MR) is 37.9 cm³/mol. The van der Waals surface area contributed by atoms with Crippen molar-refractivity contribution in [1.82, 2.24) is 5.32 Å². The van der Waals surface area contributed by atoms with Crippen LogP contribution in [0.5, 0.6) is 0 Å². The first-order chi connectivity index (χ1) is 5.46. The summed E-state index contributed by atoms with van der Waals surface area (Å²) in [5.41, 5.74) is -1.96. The smallest absolute Gasteiger partial charge is 0.364 e. The van der Waals surface area contributed by atoms with Crippen molar-refractivity contribution < 1.29 is 17.9 Å². The van der Waals surface area contributed by atoms with E-state index >= 15 is 0 Å². The Labute approximate surface area is 69.1 Å². The highest BCUT2D eigenvalue weighted by Gasteiger charge is 2.52. The molecule has 1 aliphatic rings. The minimum absolute atomic E-state index is 0.0174. The van der Waals surface area contributed by atoms with Crippen molar-refractivity contribution in [2.75, 3.05) is 19.7 Å². The molecule has 1 unspecified atom stereocenters. The summed E-state index contributed by atoms with van der Waals surface area (Å²) in [7, 11) is 0. The number of hydrogen-bond donors (Lipinski definition) is 1. The van der Waals surface area contributed by atoms with Crippen LogP contribution in [0.1, 0.15) is 13.3 Å². The number of ether oxygens (including phenoxy) is 1. The molecule has 0 aromatic carbocycles. The highest BCUT2D eigenvalue weighted by molar-refractivity contribution is 4.86. The maximum Gasteiger partial charge on any atom is 0.417 e. The van der Waals surface area contributed by atoms with Gasteiger partial charge < -0.3 is 10.1 Å². The Hall–Kier alpha value is -0.290. The summed E-state index contributed by atoms with van der Waals surface area (Å²) in [5, 5.41) is 2.85. The first kappa shape index (κ1) is 9.80. The fraction of sp³-hybridized carbons (Fsp3) is 1.00. The molecular weight excluding hydrogens is 171 g/mol. The second kappa shape index (κ2) is 3.22. The molecule has 5 heteroatoms. The van der Waals surface area contributed by atoms with Crippen LogP contribution in [0.15, 0.2) is 0 Å². The summed E-state index contributed by atoms with van der Waals surface area (Å²) in [4.78, 5) is 0. The Morgan fingerprint density at radius 3 is 2.58 bits per heavy atom. The van der Waals surface area contributed by atoms with Gasteiger partial charge in [-0.2, -0.15) is 13.2 Å². The van der Waals surface area contributed by atoms with E-state index in [2.05, 4.69) is 5.32 Å². The van der Waals surface area contributed by atoms with Gasteiger partial charge in [-0.25, -0.2) is 0 Å². The first-order valence-electron chi connectivity index (χ1n) is 3.87. The standard InChI is InChI=1S/C7H12F3NO/c1-6(7(8,9)10)2-3-11-4-5-12-6/h11H,2-5H2,1H3. The van der Waals surface area contributed by atoms with Crippen LogP contribution in [0, 0.1) is 0 Å². The molecule has 0 bridgehead atoms. The number of rotatable bonds is 0. The van der Waals surface area contributed by atoms with E-state index in [1.807, 2.05) is 0 Å². The molecule has 1 N–H and O–H groups in total. The van der Waals surface area contributed by atoms with Crippen molar-refractivity contribution in [3.8, 4) is 0 Å². The molecule has 1 atom stereocenters. The summed E-state index contributed by atoms with van der Waals surface area (Å²) < 4.78 is 41.8. The molecule has 0 amide bonds. The third kappa shape index (κ3) is 1.90. The second-order valence-electron chi connectivity index (χ2n) is 3.08. The zero-order valence-corrected chi connectivity index (χ0v) is 6.87. The molecule has 0 saturated carbocycles. The molecule has 2 nitrogen and oxygen atoms in total. The van der Waals surface area contributed by atoms with E-state index in [1.165, 1.54) is 0 Å². The quantitative estimate of drug-likeness (QED) is 0.611. The SMILES string of the molecule is CC1(C(F)(F)F)CCNCCO1. The van der Waals surface area contributed by atoms with E-state index in [-0.39, 0.29) is 13.0 Å². The normalized spacial score (nSPS) is 33.0. The number of nitrogens with one attached hydrogen (secondary N) is 1. The van der Waals surface area contributed by atoms with Gasteiger partial charge in [0, 0.05) is 6.54 Å². The van der Waals surface area contributed by atoms with Gasteiger partial charge in [-0.05, 0) is 19.9 Å². The summed E-state index contributed by atoms with van der Waals surface area (Å²) in [6, 6.07) is 0. The third-order valence-corrected chi connectivity index (χ3v) is 2.08. The Balaban J connectivity index is 2.67. The number of hydrogen-bond acceptors (Lipinski definition) is 2. The molecule has 1 fully saturated rings. The fourth-order valence-corrected chi connectivity index (χ4v) is 1.10. The van der Waals surface area contributed by atoms with Crippen LogP contribution in [-0.2, 0) is 4.74 Å². The van der Waals surface area contributed by atoms with Gasteiger partial charge in [0.15, 0.2) is 5.60 Å². The monoisotopic (exact) mass is 183 g/mol. The topological polar surface area (TPSA) is 21.3 Å². The molecule has 0 aromatic rings. The van der Waals surface area contributed by atoms with Crippen molar-refractivity contribution >= 4 is 0 Å². The van der Waals surface area contributed by atoms with Crippen molar-refractivity contribution in [3.63, 3.8) is 0 Å². The van der Waals surface area contributed by atoms with Crippen LogP contribution in [0.3, 0.4) is 0 Å². The molecule has 72 valence electrons. The number of alkyl halides is 3. The molecule has 1 aliphatic heterocycles. The average molecular weight is 183 g/mol. The number of halogens is 3. The van der Waals surface area contributed by atoms with E-state index in [4.69, 9.17) is 4.74 Å². The van der Waals surface area contributed by atoms with Gasteiger partial charge in [0.1, 0.15) is 0 Å². The fourth-order valence-electron chi connectivity index (χ4n) is 1.10. The summed E-state index contributed by atoms with van der Waals surface area (Å²) in [6.45, 7) is 2.07. The highest BCUT2D eigenvalue weighted by atomic mass is 19.4. The van der Waals surface area contributed by atoms with Gasteiger partial charge >= 0.3 is 6.18 Å². The van der Waals surface area contributed by atoms with E-state index in [0.29, 0.717) is 13.1 Å². The molecular formula is C7H12F3NO. The van der Waals surface area contributed by atoms with Gasteiger partial charge in [-0.3, -0.25) is 0 Å². The highest BCUT2D eigenvalue weighted by Crippen LogP contribution is 2.36. The molecule has 12 heavy (non-hydrogen) atoms. The van der Waals surface area contributed by atoms with Gasteiger partial charge in [-0.1, -0.05) is 0 Å². The van der Waals surface area contributed by atoms with E-state index in [0.717, 1.165) is 6.92 Å². The lowest BCUT2D eigenvalue weighted by Gasteiger charge is -2.30. The van der Waals surface area contributed by atoms with Crippen molar-refractivity contribution in [2.45, 2.75) is 25.1 Å². The van der Waals surface area contributed by atoms with Crippen LogP contribution in [-0.4, -0.2) is 31.5 Å². The lowest BCUT2D eigenvalue weighted by molar-refractivity contribution is -0.269. The molecule has 0 spiro atoms. The Kier molecular flexibility index (Phi) is 2.63. The van der Waals surface area contributed by atoms with Crippen LogP contribution in [0.25, 0.3) is 0 Å². The van der Waals surface area contributed by atoms with Crippen molar-refractivity contribution in [2.24, 2.45) is 0 Å². The van der Waals surface area contributed by atoms with Gasteiger partial charge in [0.25, 0.3) is 0 Å². The minimum atomic E-state index is -4.26. The van der Waals surface area contributed by atoms with Crippen molar-refractivity contribution in [3.05, 3.63) is 0 Å². The minimum Gasteiger partial charge on any atom is -0.364 e. The Bertz CT molecular complexity index is 149. The predicted octanol–water partition coefficient (Wildman–Crippen LogP) is 1.32. The lowest BCUT2D eigenvalue weighted by atomic mass is 10.0. The molecule has 1 rings (SSSR count). The zero-order valence-electron chi connectivity index (χ0n) is 6.87. The van der Waals surface area contributed by atoms with Crippen LogP contribution >= 0.6 is 0 Å². The van der Waals surface area contributed by atoms with E-state index < -0.39 is 11.8 Å². The Morgan fingerprint density at radius 1 is 1.33 bits per heavy atom. The summed E-state index contributed by atoms with van der Waals surface area (Å²) in [5.74, 6) is 0. The summed E-state index contributed by atoms with van der Waals surface area (Å²) >= 11 is 0. The van der Waals surface area contributed by atoms with Crippen LogP contribution in [0.2, 0.25) is 0 Å². The molecule has 0 aromatic heterocycles. The third-order valence-electron chi connectivity index (χ3n) is 2.08. The molecule has 1 heterocycles. The lowest BCUT2D eigenvalue weighted by Crippen LogP contribution is -2.45. The maximum atomic E-state index is 12.4. The van der Waals surface area contributed by atoms with Gasteiger partial charge in [-0.15, -0.1) is 0 Å². The van der Waals surface area contributed by atoms with E-state index in [1.54, 1.807) is 0 Å². The van der Waals surface area contributed by atoms with E-state index in [9.17, 15) is 13.2 Å². The second-order valence-corrected chi connectivity index (χ2v) is 3.08. The van der Waals surface area contributed by atoms with Crippen LogP contribution < -0.4 is 5.32 Å². The molecule has 0 radical (unpaired) electrons. The summed E-state index contributed by atoms with van der Waals surface area (Å²) in [6.07, 6.45) is -4.28. The molecule has 0 aliphatic carbocycles. The van der Waals surface area contributed by atoms with Crippen LogP contribution in [0.4, 0.5) is 13.2 Å².